The van der Waals surface area contributed by atoms with E-state index in [9.17, 15) is 4.79 Å². The van der Waals surface area contributed by atoms with E-state index in [1.807, 2.05) is 0 Å². The van der Waals surface area contributed by atoms with Crippen molar-refractivity contribution < 1.29 is 4.79 Å². The molecule has 1 aromatic heterocycles. The van der Waals surface area contributed by atoms with Gasteiger partial charge in [-0.15, -0.1) is 11.3 Å². The minimum absolute atomic E-state index is 0.225. The first kappa shape index (κ1) is 14.3. The molecule has 1 N–H and O–H groups in total. The molecular weight excluding hydrogens is 425 g/mol. The maximum atomic E-state index is 11.9. The van der Waals surface area contributed by atoms with E-state index >= 15 is 0 Å². The summed E-state index contributed by atoms with van der Waals surface area (Å²) in [5.41, 5.74) is 1.05. The maximum absolute atomic E-state index is 11.9. The predicted octanol–water partition coefficient (Wildman–Crippen LogP) is 5.83. The highest BCUT2D eigenvalue weighted by Crippen LogP contribution is 2.36. The molecule has 0 fully saturated rings. The Bertz CT molecular complexity index is 615. The van der Waals surface area contributed by atoms with Crippen LogP contribution in [-0.2, 0) is 0 Å². The summed E-state index contributed by atoms with van der Waals surface area (Å²) < 4.78 is 1.58. The molecule has 18 heavy (non-hydrogen) atoms. The number of halogens is 4. The molecule has 1 amide bonds. The zero-order valence-corrected chi connectivity index (χ0v) is 14.1. The van der Waals surface area contributed by atoms with Crippen LogP contribution in [-0.4, -0.2) is 5.91 Å². The first-order valence-electron chi connectivity index (χ1n) is 4.68. The summed E-state index contributed by atoms with van der Waals surface area (Å²) in [6.07, 6.45) is 0. The summed E-state index contributed by atoms with van der Waals surface area (Å²) in [4.78, 5) is 11.9. The molecule has 0 bridgehead atoms. The Labute approximate surface area is 135 Å². The van der Waals surface area contributed by atoms with E-state index in [0.29, 0.717) is 25.8 Å². The van der Waals surface area contributed by atoms with Crippen molar-refractivity contribution in [1.29, 1.82) is 0 Å². The van der Waals surface area contributed by atoms with Crippen LogP contribution in [0, 0.1) is 0 Å². The standard InChI is InChI=1S/C11H5Br2Cl2NOS/c12-6-1-2-7(10(15)9(6)14)16-11(17)5-3-8(13)18-4-5/h1-4H,(H,16,17). The van der Waals surface area contributed by atoms with Crippen molar-refractivity contribution in [3.63, 3.8) is 0 Å². The van der Waals surface area contributed by atoms with Crippen LogP contribution in [0.3, 0.4) is 0 Å². The molecule has 0 unspecified atom stereocenters. The van der Waals surface area contributed by atoms with Crippen LogP contribution in [0.5, 0.6) is 0 Å². The largest absolute Gasteiger partial charge is 0.321 e. The van der Waals surface area contributed by atoms with Crippen LogP contribution in [0.15, 0.2) is 31.8 Å². The monoisotopic (exact) mass is 427 g/mol. The SMILES string of the molecule is O=C(Nc1ccc(Br)c(Cl)c1Cl)c1csc(Br)c1. The van der Waals surface area contributed by atoms with Gasteiger partial charge in [-0.1, -0.05) is 23.2 Å². The predicted molar refractivity (Wildman–Crippen MR) is 84.1 cm³/mol. The number of carbonyl (C=O) groups excluding carboxylic acids is 1. The summed E-state index contributed by atoms with van der Waals surface area (Å²) in [5, 5.41) is 5.16. The Balaban J connectivity index is 2.25. The number of anilines is 1. The average molecular weight is 430 g/mol. The molecule has 0 saturated heterocycles. The highest BCUT2D eigenvalue weighted by atomic mass is 79.9. The molecule has 0 radical (unpaired) electrons. The number of hydrogen-bond donors (Lipinski definition) is 1. The Morgan fingerprint density at radius 3 is 2.56 bits per heavy atom. The minimum Gasteiger partial charge on any atom is -0.321 e. The fraction of sp³-hybridized carbons (Fsp3) is 0. The van der Waals surface area contributed by atoms with Crippen molar-refractivity contribution >= 4 is 78.0 Å². The molecule has 0 atom stereocenters. The molecular formula is C11H5Br2Cl2NOS. The number of hydrogen-bond acceptors (Lipinski definition) is 2. The van der Waals surface area contributed by atoms with Gasteiger partial charge in [0.15, 0.2) is 0 Å². The Morgan fingerprint density at radius 1 is 1.22 bits per heavy atom. The third kappa shape index (κ3) is 3.08. The second kappa shape index (κ2) is 5.92. The van der Waals surface area contributed by atoms with Gasteiger partial charge in [-0.2, -0.15) is 0 Å². The zero-order chi connectivity index (χ0) is 13.3. The van der Waals surface area contributed by atoms with E-state index < -0.39 is 0 Å². The Hall–Kier alpha value is -0.0700. The average Bonchev–Trinajstić information content (AvgIpc) is 2.77. The highest BCUT2D eigenvalue weighted by molar-refractivity contribution is 9.11. The van der Waals surface area contributed by atoms with E-state index in [2.05, 4.69) is 37.2 Å². The quantitative estimate of drug-likeness (QED) is 0.597. The summed E-state index contributed by atoms with van der Waals surface area (Å²) in [6.45, 7) is 0. The number of benzene rings is 1. The van der Waals surface area contributed by atoms with Crippen LogP contribution >= 0.6 is 66.4 Å². The molecule has 0 spiro atoms. The number of nitrogens with one attached hydrogen (secondary N) is 1. The van der Waals surface area contributed by atoms with Gasteiger partial charge in [0.2, 0.25) is 0 Å². The van der Waals surface area contributed by atoms with Gasteiger partial charge < -0.3 is 5.32 Å². The molecule has 2 nitrogen and oxygen atoms in total. The van der Waals surface area contributed by atoms with Gasteiger partial charge in [-0.3, -0.25) is 4.79 Å². The zero-order valence-electron chi connectivity index (χ0n) is 8.64. The highest BCUT2D eigenvalue weighted by Gasteiger charge is 2.13. The topological polar surface area (TPSA) is 29.1 Å². The van der Waals surface area contributed by atoms with E-state index in [1.165, 1.54) is 11.3 Å². The first-order valence-corrected chi connectivity index (χ1v) is 7.90. The van der Waals surface area contributed by atoms with Crippen molar-refractivity contribution in [3.05, 3.63) is 47.4 Å². The van der Waals surface area contributed by atoms with Crippen LogP contribution in [0.4, 0.5) is 5.69 Å². The fourth-order valence-corrected chi connectivity index (χ4v) is 3.20. The fourth-order valence-electron chi connectivity index (χ4n) is 1.25. The molecule has 1 aromatic carbocycles. The third-order valence-corrected chi connectivity index (χ3v) is 5.39. The van der Waals surface area contributed by atoms with Gasteiger partial charge in [0, 0.05) is 9.85 Å². The van der Waals surface area contributed by atoms with Gasteiger partial charge in [0.25, 0.3) is 5.91 Å². The van der Waals surface area contributed by atoms with Crippen molar-refractivity contribution in [2.45, 2.75) is 0 Å². The van der Waals surface area contributed by atoms with Crippen LogP contribution in [0.2, 0.25) is 10.0 Å². The normalized spacial score (nSPS) is 10.4. The third-order valence-electron chi connectivity index (χ3n) is 2.11. The number of carbonyl (C=O) groups is 1. The van der Waals surface area contributed by atoms with Crippen molar-refractivity contribution in [2.75, 3.05) is 5.32 Å². The molecule has 94 valence electrons. The van der Waals surface area contributed by atoms with Gasteiger partial charge in [-0.05, 0) is 50.1 Å². The molecule has 0 saturated carbocycles. The number of amides is 1. The Morgan fingerprint density at radius 2 is 1.94 bits per heavy atom. The molecule has 7 heteroatoms. The molecule has 1 heterocycles. The van der Waals surface area contributed by atoms with E-state index in [0.717, 1.165) is 3.79 Å². The summed E-state index contributed by atoms with van der Waals surface area (Å²) in [7, 11) is 0. The lowest BCUT2D eigenvalue weighted by atomic mass is 10.3. The summed E-state index contributed by atoms with van der Waals surface area (Å²) in [5.74, 6) is -0.225. The van der Waals surface area contributed by atoms with Gasteiger partial charge >= 0.3 is 0 Å². The van der Waals surface area contributed by atoms with Crippen molar-refractivity contribution in [2.24, 2.45) is 0 Å². The summed E-state index contributed by atoms with van der Waals surface area (Å²) >= 11 is 20.0. The molecule has 0 aliphatic heterocycles. The summed E-state index contributed by atoms with van der Waals surface area (Å²) in [6, 6.07) is 5.17. The molecule has 0 aliphatic rings. The van der Waals surface area contributed by atoms with E-state index in [-0.39, 0.29) is 5.91 Å². The maximum Gasteiger partial charge on any atom is 0.256 e. The lowest BCUT2D eigenvalue weighted by Crippen LogP contribution is -2.11. The molecule has 2 rings (SSSR count). The molecule has 2 aromatic rings. The van der Waals surface area contributed by atoms with Crippen LogP contribution < -0.4 is 5.32 Å². The van der Waals surface area contributed by atoms with Crippen molar-refractivity contribution in [3.8, 4) is 0 Å². The van der Waals surface area contributed by atoms with Crippen LogP contribution in [0.25, 0.3) is 0 Å². The van der Waals surface area contributed by atoms with E-state index in [4.69, 9.17) is 23.2 Å². The van der Waals surface area contributed by atoms with Crippen LogP contribution in [0.1, 0.15) is 10.4 Å². The molecule has 0 aliphatic carbocycles. The number of rotatable bonds is 2. The first-order chi connectivity index (χ1) is 8.49. The van der Waals surface area contributed by atoms with Crippen molar-refractivity contribution in [1.82, 2.24) is 0 Å². The lowest BCUT2D eigenvalue weighted by Gasteiger charge is -2.08. The second-order valence-electron chi connectivity index (χ2n) is 3.32. The number of thiophene rings is 1. The minimum atomic E-state index is -0.225. The van der Waals surface area contributed by atoms with E-state index in [1.54, 1.807) is 23.6 Å². The van der Waals surface area contributed by atoms with Gasteiger partial charge in [-0.25, -0.2) is 0 Å². The smallest absolute Gasteiger partial charge is 0.256 e. The van der Waals surface area contributed by atoms with Gasteiger partial charge in [0.05, 0.1) is 25.1 Å². The lowest BCUT2D eigenvalue weighted by molar-refractivity contribution is 0.102. The Kier molecular flexibility index (Phi) is 4.72. The second-order valence-corrected chi connectivity index (χ2v) is 7.22. The van der Waals surface area contributed by atoms with Gasteiger partial charge in [0.1, 0.15) is 0 Å².